The molecule has 3 aromatic heterocycles. The van der Waals surface area contributed by atoms with Gasteiger partial charge in [-0.2, -0.15) is 0 Å². The van der Waals surface area contributed by atoms with Gasteiger partial charge >= 0.3 is 0 Å². The van der Waals surface area contributed by atoms with Crippen molar-refractivity contribution in [3.05, 3.63) is 301 Å². The Morgan fingerprint density at radius 1 is 0.741 bits per heavy atom. The van der Waals surface area contributed by atoms with E-state index >= 15 is 0 Å². The maximum atomic E-state index is 13.6. The van der Waals surface area contributed by atoms with Crippen LogP contribution in [0.5, 0.6) is 5.75 Å². The Kier molecular flexibility index (Phi) is 38.1. The molecule has 0 spiro atoms. The van der Waals surface area contributed by atoms with Gasteiger partial charge in [0.25, 0.3) is 5.91 Å². The predicted molar refractivity (Wildman–Crippen MR) is 403 cm³/mol. The number of methoxy groups -OCH3 is 1. The van der Waals surface area contributed by atoms with E-state index in [4.69, 9.17) is 21.1 Å². The van der Waals surface area contributed by atoms with Gasteiger partial charge in [-0.05, 0) is 198 Å². The van der Waals surface area contributed by atoms with Crippen LogP contribution in [0.15, 0.2) is 205 Å². The standard InChI is InChI=1S/C20H16FO2S.C19H14ClO3.C17H18NO2.C15H12NO2.C15H14NO2.5Y/c1-13-17(9-10-22)20-12-15(21)5-8-18(20)19(13)11-14-3-6-16(7-4-14)24(2)23;1-23-15-6-7-16-17(11-15)13(8-9-21)10-18(16)19(22)12-2-4-14(20)5-3-12;1-3-12-6-5-7-13-14-8-11-20-17(4-2,9-10-19)16(14)18-15(12)13;17-10-11-8-13-6-7-16(14(13)9-11)15(18)12-4-2-1-3-5-12;1-11-3-5-12(6-4-11)15(18)14-8-7-13(9-10-17)16(14)2;;;;;/h3-8,11-12H,9H2,1-2H3;2-7,10-11,18H,8H2,1H3;3,5-7,18H,1,4,8-9,11H2,2H3;1-7,11H,8-9H2;3-8H,9H2,1-2H3;;;;;/q5*-1;;;;;/b19-11-;;;;;;;;;. The minimum atomic E-state index is -1.01. The summed E-state index contributed by atoms with van der Waals surface area (Å²) in [5, 5.41) is 1.80. The first-order chi connectivity index (χ1) is 49.8. The van der Waals surface area contributed by atoms with Crippen molar-refractivity contribution in [2.24, 2.45) is 13.0 Å². The summed E-state index contributed by atoms with van der Waals surface area (Å²) in [6.07, 6.45) is 22.6. The molecule has 7 aromatic carbocycles. The predicted octanol–water partition coefficient (Wildman–Crippen LogP) is 16.3. The number of halogens is 2. The number of ether oxygens (including phenoxy) is 2. The zero-order valence-corrected chi connectivity index (χ0v) is 76.5. The molecule has 1 N–H and O–H groups in total. The number of Topliss-reactive ketones (excluding diaryl/α,β-unsaturated/α-hetero) is 1. The second-order valence-electron chi connectivity index (χ2n) is 25.1. The topological polar surface area (TPSA) is 198 Å². The molecule has 3 aliphatic carbocycles. The third kappa shape index (κ3) is 21.9. The number of hydrogen-bond acceptors (Lipinski definition) is 11. The number of allylic oxidation sites excluding steroid dienone is 5. The van der Waals surface area contributed by atoms with Gasteiger partial charge in [0.2, 0.25) is 5.78 Å². The van der Waals surface area contributed by atoms with E-state index in [0.29, 0.717) is 52.6 Å². The first-order valence-corrected chi connectivity index (χ1v) is 35.3. The second kappa shape index (κ2) is 44.2. The van der Waals surface area contributed by atoms with Gasteiger partial charge in [-0.25, -0.2) is 4.39 Å². The Morgan fingerprint density at radius 2 is 1.43 bits per heavy atom. The minimum Gasteiger partial charge on any atom is -0.542 e. The average molecular weight is 1860 g/mol. The van der Waals surface area contributed by atoms with Crippen molar-refractivity contribution in [1.29, 1.82) is 0 Å². The summed E-state index contributed by atoms with van der Waals surface area (Å²) >= 11 is 5.87. The third-order valence-corrected chi connectivity index (χ3v) is 20.1. The Morgan fingerprint density at radius 3 is 2.06 bits per heavy atom. The van der Waals surface area contributed by atoms with Crippen LogP contribution in [0.3, 0.4) is 0 Å². The van der Waals surface area contributed by atoms with Crippen LogP contribution in [0.4, 0.5) is 4.39 Å². The number of para-hydroxylation sites is 1. The molecule has 0 bridgehead atoms. The Hall–Kier alpha value is -5.39. The molecule has 5 radical (unpaired) electrons. The van der Waals surface area contributed by atoms with E-state index in [9.17, 15) is 47.0 Å². The van der Waals surface area contributed by atoms with E-state index in [-0.39, 0.29) is 218 Å². The summed E-state index contributed by atoms with van der Waals surface area (Å²) in [4.78, 5) is 95.4. The molecule has 10 aromatic rings. The number of hydrogen-bond donors (Lipinski definition) is 1. The quantitative estimate of drug-likeness (QED) is 0.0597. The zero-order valence-electron chi connectivity index (χ0n) is 60.7. The molecule has 22 heteroatoms. The molecule has 4 aliphatic rings. The van der Waals surface area contributed by atoms with Crippen LogP contribution >= 0.6 is 11.6 Å². The molecule has 0 amide bonds. The maximum Gasteiger partial charge on any atom is 0.262 e. The number of aromatic amines is 1. The fourth-order valence-corrected chi connectivity index (χ4v) is 14.0. The van der Waals surface area contributed by atoms with E-state index < -0.39 is 22.3 Å². The van der Waals surface area contributed by atoms with Crippen molar-refractivity contribution in [2.45, 2.75) is 88.6 Å². The molecular formula is C86H74ClFN3O11SY5-5. The molecule has 1 aliphatic heterocycles. The Balaban J connectivity index is 0.000000240. The van der Waals surface area contributed by atoms with Crippen LogP contribution in [0.1, 0.15) is 149 Å². The molecule has 14 nitrogen and oxygen atoms in total. The summed E-state index contributed by atoms with van der Waals surface area (Å²) in [7, 11) is 2.36. The van der Waals surface area contributed by atoms with Crippen LogP contribution in [0, 0.1) is 18.7 Å². The van der Waals surface area contributed by atoms with Crippen LogP contribution < -0.4 is 4.74 Å². The molecule has 108 heavy (non-hydrogen) atoms. The van der Waals surface area contributed by atoms with E-state index in [1.54, 1.807) is 90.3 Å². The van der Waals surface area contributed by atoms with Crippen molar-refractivity contribution in [1.82, 2.24) is 14.1 Å². The average Bonchev–Trinajstić information content (AvgIpc) is 1.59. The minimum absolute atomic E-state index is 0. The summed E-state index contributed by atoms with van der Waals surface area (Å²) in [6.45, 7) is 10.5. The number of carbonyl (C=O) groups excluding carboxylic acids is 8. The number of ketones is 2. The van der Waals surface area contributed by atoms with Crippen LogP contribution in [0.2, 0.25) is 5.02 Å². The van der Waals surface area contributed by atoms with Crippen molar-refractivity contribution < 1.29 is 220 Å². The number of nitrogens with zero attached hydrogens (tertiary/aromatic N) is 2. The molecule has 539 valence electrons. The number of H-pyrrole nitrogens is 1. The van der Waals surface area contributed by atoms with Crippen LogP contribution in [-0.4, -0.2) is 87.2 Å². The van der Waals surface area contributed by atoms with E-state index in [1.807, 2.05) is 174 Å². The van der Waals surface area contributed by atoms with Gasteiger partial charge in [0, 0.05) is 237 Å². The largest absolute Gasteiger partial charge is 0.542 e. The van der Waals surface area contributed by atoms with Crippen molar-refractivity contribution in [2.75, 3.05) is 20.0 Å². The van der Waals surface area contributed by atoms with Crippen molar-refractivity contribution in [3.8, 4) is 5.75 Å². The molecule has 0 fully saturated rings. The maximum absolute atomic E-state index is 13.6. The molecule has 4 atom stereocenters. The van der Waals surface area contributed by atoms with Crippen molar-refractivity contribution in [3.63, 3.8) is 0 Å². The van der Waals surface area contributed by atoms with Gasteiger partial charge in [-0.15, -0.1) is 31.6 Å². The smallest absolute Gasteiger partial charge is 0.262 e. The Bertz CT molecular complexity index is 5010. The number of fused-ring (bicyclic) bond motifs is 6. The van der Waals surface area contributed by atoms with Gasteiger partial charge in [0.05, 0.1) is 36.4 Å². The Labute approximate surface area is 763 Å². The normalized spacial score (nSPS) is 15.6. The molecular weight excluding hydrogens is 1780 g/mol. The summed E-state index contributed by atoms with van der Waals surface area (Å²) in [5.41, 5.74) is 18.3. The van der Waals surface area contributed by atoms with Gasteiger partial charge in [-0.3, -0.25) is 54.6 Å². The monoisotopic (exact) mass is 1860 g/mol. The summed E-state index contributed by atoms with van der Waals surface area (Å²) < 4.78 is 39.7. The van der Waals surface area contributed by atoms with Gasteiger partial charge in [0.15, 0.2) is 5.78 Å². The van der Waals surface area contributed by atoms with Gasteiger partial charge in [-0.1, -0.05) is 139 Å². The molecule has 4 unspecified atom stereocenters. The number of aromatic nitrogens is 3. The van der Waals surface area contributed by atoms with E-state index in [1.165, 1.54) is 23.1 Å². The van der Waals surface area contributed by atoms with Crippen LogP contribution in [0.25, 0.3) is 39.8 Å². The molecule has 0 saturated heterocycles. The number of rotatable bonds is 19. The number of carbonyl (C=O) groups is 3. The molecule has 14 rings (SSSR count). The molecule has 4 heterocycles. The van der Waals surface area contributed by atoms with Gasteiger partial charge < -0.3 is 43.0 Å². The fraction of sp³-hybridized carbons (Fsp3) is 0.209. The summed E-state index contributed by atoms with van der Waals surface area (Å²) in [5.74, 6) is -0.209. The van der Waals surface area contributed by atoms with Crippen LogP contribution in [-0.2, 0) is 241 Å². The number of nitrogens with one attached hydrogen (secondary N) is 1. The number of aryl methyl sites for hydroxylation is 1. The first-order valence-electron chi connectivity index (χ1n) is 33.4. The number of benzene rings is 7. The summed E-state index contributed by atoms with van der Waals surface area (Å²) in [6, 6.07) is 52.8. The van der Waals surface area contributed by atoms with E-state index in [0.717, 1.165) is 107 Å². The van der Waals surface area contributed by atoms with Gasteiger partial charge in [0.1, 0.15) is 11.6 Å². The van der Waals surface area contributed by atoms with Crippen molar-refractivity contribution >= 4 is 111 Å². The molecule has 0 saturated carbocycles. The van der Waals surface area contributed by atoms with E-state index in [2.05, 4.69) is 17.6 Å². The first kappa shape index (κ1) is 93.2. The third-order valence-electron chi connectivity index (χ3n) is 18.9. The fourth-order valence-electron chi connectivity index (χ4n) is 13.4. The second-order valence-corrected chi connectivity index (χ2v) is 26.9. The SMILES string of the molecule is C=Cc1cccc2c3c([nH]c12)C(CC)(C[C-]=O)OCC3.CC1=C(C[C-]=O)c2cc(F)ccc2/C1=C\c1ccc(S(C)=O)cc1.COc1ccc2c(c1)C(C[C-]=O)=CC2C(=O)c1ccc(Cl)cc1.Cc1ccc(C(=O)c2ccc(C[C-]=O)n2C)cc1.O=[C-]C1Cc2ccn(C(=O)c3ccccc3)c2C1.[Y].[Y].[Y].[Y].[Y]. The zero-order chi connectivity index (χ0) is 73.5.